The summed E-state index contributed by atoms with van der Waals surface area (Å²) in [6, 6.07) is 14.2. The van der Waals surface area contributed by atoms with Gasteiger partial charge in [-0.3, -0.25) is 19.4 Å². The fourth-order valence-corrected chi connectivity index (χ4v) is 3.23. The Morgan fingerprint density at radius 2 is 1.41 bits per heavy atom. The Kier molecular flexibility index (Phi) is 10.1. The maximum Gasteiger partial charge on any atom is 0.310 e. The number of rotatable bonds is 14. The van der Waals surface area contributed by atoms with Gasteiger partial charge in [-0.05, 0) is 42.7 Å². The number of non-ortho nitro benzene ring substituents is 1. The van der Waals surface area contributed by atoms with Gasteiger partial charge >= 0.3 is 5.97 Å². The van der Waals surface area contributed by atoms with E-state index in [0.29, 0.717) is 25.4 Å². The van der Waals surface area contributed by atoms with E-state index in [1.807, 2.05) is 12.1 Å². The molecule has 0 amide bonds. The predicted octanol–water partition coefficient (Wildman–Crippen LogP) is 5.30. The topological polar surface area (TPSA) is 78.7 Å². The number of ether oxygens (including phenoxy) is 2. The molecule has 2 aromatic rings. The van der Waals surface area contributed by atoms with Crippen LogP contribution in [0.1, 0.15) is 44.1 Å². The Labute approximate surface area is 190 Å². The highest BCUT2D eigenvalue weighted by Crippen LogP contribution is 2.19. The molecule has 174 valence electrons. The van der Waals surface area contributed by atoms with Crippen LogP contribution in [0.25, 0.3) is 0 Å². The van der Waals surface area contributed by atoms with Crippen LogP contribution in [0, 0.1) is 10.1 Å². The molecule has 0 aromatic heterocycles. The van der Waals surface area contributed by atoms with Gasteiger partial charge in [0.25, 0.3) is 5.69 Å². The van der Waals surface area contributed by atoms with Gasteiger partial charge in [0.05, 0.1) is 45.7 Å². The van der Waals surface area contributed by atoms with Crippen LogP contribution in [-0.2, 0) is 16.0 Å². The van der Waals surface area contributed by atoms with Crippen molar-refractivity contribution in [3.05, 3.63) is 64.2 Å². The quantitative estimate of drug-likeness (QED) is 0.130. The summed E-state index contributed by atoms with van der Waals surface area (Å²) in [5.74, 6) is 0.480. The van der Waals surface area contributed by atoms with Crippen molar-refractivity contribution in [1.82, 2.24) is 4.48 Å². The van der Waals surface area contributed by atoms with Crippen molar-refractivity contribution in [3.8, 4) is 5.75 Å². The number of nitrogens with zero attached hydrogens (tertiary/aromatic N) is 2. The van der Waals surface area contributed by atoms with Crippen molar-refractivity contribution in [3.63, 3.8) is 0 Å². The summed E-state index contributed by atoms with van der Waals surface area (Å²) in [5, 5.41) is 10.6. The van der Waals surface area contributed by atoms with Crippen LogP contribution in [0.3, 0.4) is 0 Å². The highest BCUT2D eigenvalue weighted by Gasteiger charge is 2.12. The first-order chi connectivity index (χ1) is 15.3. The molecule has 0 N–H and O–H groups in total. The van der Waals surface area contributed by atoms with E-state index >= 15 is 0 Å². The number of hydrogen-bond acceptors (Lipinski definition) is 5. The smallest absolute Gasteiger partial charge is 0.310 e. The van der Waals surface area contributed by atoms with E-state index < -0.39 is 4.92 Å². The van der Waals surface area contributed by atoms with Crippen molar-refractivity contribution >= 4 is 17.3 Å². The second-order valence-corrected chi connectivity index (χ2v) is 8.80. The molecule has 7 heteroatoms. The maximum absolute atomic E-state index is 12.0. The summed E-state index contributed by atoms with van der Waals surface area (Å²) in [4.78, 5) is 22.2. The molecule has 0 fully saturated rings. The molecule has 2 rings (SSSR count). The van der Waals surface area contributed by atoms with E-state index in [1.165, 1.54) is 17.8 Å². The first-order valence-corrected chi connectivity index (χ1v) is 11.2. The van der Waals surface area contributed by atoms with Crippen molar-refractivity contribution in [2.24, 2.45) is 0 Å². The predicted molar refractivity (Wildman–Crippen MR) is 127 cm³/mol. The third kappa shape index (κ3) is 9.47. The fourth-order valence-electron chi connectivity index (χ4n) is 3.23. The fraction of sp³-hybridized carbons (Fsp3) is 0.480. The zero-order valence-electron chi connectivity index (χ0n) is 19.4. The molecule has 0 unspecified atom stereocenters. The van der Waals surface area contributed by atoms with E-state index in [1.54, 1.807) is 12.1 Å². The van der Waals surface area contributed by atoms with Crippen LogP contribution < -0.4 is 9.22 Å². The molecule has 0 atom stereocenters. The Bertz CT molecular complexity index is 842. The van der Waals surface area contributed by atoms with Crippen LogP contribution >= 0.6 is 0 Å². The SMILES string of the molecule is C[N+](C)(C)c1ccc(CC(=O)OCCCCCCCCOc2ccc([N+](=O)[O-])cc2)cc1. The van der Waals surface area contributed by atoms with Gasteiger partial charge in [0.2, 0.25) is 0 Å². The molecule has 32 heavy (non-hydrogen) atoms. The van der Waals surface area contributed by atoms with Crippen molar-refractivity contribution in [1.29, 1.82) is 0 Å². The van der Waals surface area contributed by atoms with Crippen LogP contribution in [0.4, 0.5) is 11.4 Å². The van der Waals surface area contributed by atoms with E-state index in [9.17, 15) is 14.9 Å². The number of nitro benzene ring substituents is 1. The highest BCUT2D eigenvalue weighted by molar-refractivity contribution is 5.72. The van der Waals surface area contributed by atoms with Gasteiger partial charge in [0.1, 0.15) is 11.4 Å². The summed E-state index contributed by atoms with van der Waals surface area (Å²) in [7, 11) is 6.33. The maximum atomic E-state index is 12.0. The number of esters is 1. The molecule has 0 aliphatic heterocycles. The summed E-state index contributed by atoms with van der Waals surface area (Å²) in [6.45, 7) is 1.07. The number of carbonyl (C=O) groups is 1. The second-order valence-electron chi connectivity index (χ2n) is 8.80. The van der Waals surface area contributed by atoms with Crippen molar-refractivity contribution < 1.29 is 19.2 Å². The average molecular weight is 444 g/mol. The van der Waals surface area contributed by atoms with Gasteiger partial charge in [0.15, 0.2) is 0 Å². The number of quaternary nitrogens is 1. The van der Waals surface area contributed by atoms with E-state index in [-0.39, 0.29) is 11.7 Å². The minimum absolute atomic E-state index is 0.0668. The molecular weight excluding hydrogens is 408 g/mol. The highest BCUT2D eigenvalue weighted by atomic mass is 16.6. The number of benzene rings is 2. The van der Waals surface area contributed by atoms with Gasteiger partial charge in [-0.1, -0.05) is 37.8 Å². The Balaban J connectivity index is 1.46. The number of unbranched alkanes of at least 4 members (excludes halogenated alkanes) is 5. The van der Waals surface area contributed by atoms with Crippen LogP contribution in [0.2, 0.25) is 0 Å². The minimum Gasteiger partial charge on any atom is -0.494 e. The molecule has 7 nitrogen and oxygen atoms in total. The number of carbonyl (C=O) groups excluding carboxylic acids is 1. The van der Waals surface area contributed by atoms with Crippen molar-refractivity contribution in [2.75, 3.05) is 34.4 Å². The number of nitro groups is 1. The van der Waals surface area contributed by atoms with E-state index in [4.69, 9.17) is 9.47 Å². The molecular formula is C25H35N2O5+. The first-order valence-electron chi connectivity index (χ1n) is 11.2. The lowest BCUT2D eigenvalue weighted by atomic mass is 10.1. The van der Waals surface area contributed by atoms with Gasteiger partial charge < -0.3 is 9.47 Å². The lowest BCUT2D eigenvalue weighted by molar-refractivity contribution is -0.384. The third-order valence-corrected chi connectivity index (χ3v) is 5.18. The van der Waals surface area contributed by atoms with Crippen LogP contribution in [-0.4, -0.2) is 45.2 Å². The van der Waals surface area contributed by atoms with E-state index in [2.05, 4.69) is 33.3 Å². The molecule has 0 bridgehead atoms. The lowest BCUT2D eigenvalue weighted by Crippen LogP contribution is -2.34. The lowest BCUT2D eigenvalue weighted by Gasteiger charge is -2.23. The Morgan fingerprint density at radius 3 is 1.97 bits per heavy atom. The molecule has 0 radical (unpaired) electrons. The van der Waals surface area contributed by atoms with Crippen LogP contribution in [0.5, 0.6) is 5.75 Å². The van der Waals surface area contributed by atoms with Crippen LogP contribution in [0.15, 0.2) is 48.5 Å². The first kappa shape index (κ1) is 25.3. The molecule has 0 aliphatic carbocycles. The molecule has 0 spiro atoms. The average Bonchev–Trinajstić information content (AvgIpc) is 2.75. The monoisotopic (exact) mass is 443 g/mol. The van der Waals surface area contributed by atoms with Gasteiger partial charge in [-0.25, -0.2) is 0 Å². The van der Waals surface area contributed by atoms with E-state index in [0.717, 1.165) is 48.6 Å². The second kappa shape index (κ2) is 12.8. The Morgan fingerprint density at radius 1 is 0.844 bits per heavy atom. The molecule has 0 saturated heterocycles. The molecule has 0 heterocycles. The standard InChI is InChI=1S/C25H35N2O5/c1-27(2,3)23-14-10-21(11-15-23)20-25(28)32-19-9-7-5-4-6-8-18-31-24-16-12-22(13-17-24)26(29)30/h10-17H,4-9,18-20H2,1-3H3/q+1. The molecule has 0 saturated carbocycles. The molecule has 0 aliphatic rings. The van der Waals surface area contributed by atoms with Gasteiger partial charge in [0, 0.05) is 12.1 Å². The largest absolute Gasteiger partial charge is 0.494 e. The summed E-state index contributed by atoms with van der Waals surface area (Å²) in [5.41, 5.74) is 2.24. The van der Waals surface area contributed by atoms with Gasteiger partial charge in [-0.15, -0.1) is 0 Å². The summed E-state index contributed by atoms with van der Waals surface area (Å²) in [6.07, 6.45) is 6.44. The zero-order valence-corrected chi connectivity index (χ0v) is 19.4. The number of hydrogen-bond donors (Lipinski definition) is 0. The Hall–Kier alpha value is -2.93. The van der Waals surface area contributed by atoms with Gasteiger partial charge in [-0.2, -0.15) is 0 Å². The summed E-state index contributed by atoms with van der Waals surface area (Å²) >= 11 is 0. The zero-order chi connectivity index (χ0) is 23.4. The minimum atomic E-state index is -0.421. The van der Waals surface area contributed by atoms with Crippen molar-refractivity contribution in [2.45, 2.75) is 44.9 Å². The third-order valence-electron chi connectivity index (χ3n) is 5.18. The normalized spacial score (nSPS) is 11.2. The summed E-state index contributed by atoms with van der Waals surface area (Å²) < 4.78 is 11.7. The molecule has 2 aromatic carbocycles.